The third-order valence-electron chi connectivity index (χ3n) is 2.72. The Hall–Kier alpha value is -1.06. The smallest absolute Gasteiger partial charge is 0.0991 e. The average Bonchev–Trinajstić information content (AvgIpc) is 2.38. The molecule has 0 fully saturated rings. The molecule has 3 N–H and O–H groups in total. The van der Waals surface area contributed by atoms with Crippen LogP contribution < -0.4 is 5.32 Å². The summed E-state index contributed by atoms with van der Waals surface area (Å²) in [5.74, 6) is 0.646. The van der Waals surface area contributed by atoms with E-state index in [1.807, 2.05) is 12.3 Å². The second-order valence-electron chi connectivity index (χ2n) is 4.81. The van der Waals surface area contributed by atoms with Gasteiger partial charge < -0.3 is 15.5 Å². The van der Waals surface area contributed by atoms with E-state index in [-0.39, 0.29) is 0 Å². The van der Waals surface area contributed by atoms with E-state index in [2.05, 4.69) is 5.32 Å². The van der Waals surface area contributed by atoms with E-state index in [0.717, 1.165) is 5.56 Å². The predicted molar refractivity (Wildman–Crippen MR) is 78.0 cm³/mol. The van der Waals surface area contributed by atoms with Crippen LogP contribution in [0.2, 0.25) is 0 Å². The zero-order valence-electron chi connectivity index (χ0n) is 11.3. The second kappa shape index (κ2) is 7.51. The SMILES string of the molecule is CSCC(C)(O)CNCC(O)c1ccc(C#N)cc1. The molecule has 5 heteroatoms. The van der Waals surface area contributed by atoms with Crippen LogP contribution in [0.25, 0.3) is 0 Å². The van der Waals surface area contributed by atoms with Crippen molar-refractivity contribution in [1.82, 2.24) is 5.32 Å². The van der Waals surface area contributed by atoms with Crippen LogP contribution in [0.1, 0.15) is 24.2 Å². The molecule has 0 aliphatic rings. The molecule has 2 unspecified atom stereocenters. The molecule has 0 bridgehead atoms. The summed E-state index contributed by atoms with van der Waals surface area (Å²) in [5, 5.41) is 31.7. The van der Waals surface area contributed by atoms with Gasteiger partial charge in [-0.15, -0.1) is 0 Å². The van der Waals surface area contributed by atoms with Gasteiger partial charge in [-0.25, -0.2) is 0 Å². The van der Waals surface area contributed by atoms with Gasteiger partial charge >= 0.3 is 0 Å². The van der Waals surface area contributed by atoms with Crippen molar-refractivity contribution in [2.45, 2.75) is 18.6 Å². The number of benzene rings is 1. The number of aliphatic hydroxyl groups is 2. The van der Waals surface area contributed by atoms with Crippen LogP contribution >= 0.6 is 11.8 Å². The van der Waals surface area contributed by atoms with Gasteiger partial charge in [-0.05, 0) is 30.9 Å². The summed E-state index contributed by atoms with van der Waals surface area (Å²) in [6.45, 7) is 2.57. The van der Waals surface area contributed by atoms with Crippen molar-refractivity contribution in [1.29, 1.82) is 5.26 Å². The van der Waals surface area contributed by atoms with Crippen molar-refractivity contribution < 1.29 is 10.2 Å². The number of nitrogens with one attached hydrogen (secondary N) is 1. The van der Waals surface area contributed by atoms with Crippen LogP contribution in [0.4, 0.5) is 0 Å². The third-order valence-corrected chi connectivity index (χ3v) is 3.63. The van der Waals surface area contributed by atoms with Crippen molar-refractivity contribution in [3.8, 4) is 6.07 Å². The van der Waals surface area contributed by atoms with Crippen LogP contribution in [0.15, 0.2) is 24.3 Å². The molecule has 0 saturated heterocycles. The number of hydrogen-bond donors (Lipinski definition) is 3. The van der Waals surface area contributed by atoms with Crippen LogP contribution in [0.5, 0.6) is 0 Å². The van der Waals surface area contributed by atoms with Crippen LogP contribution in [0.3, 0.4) is 0 Å². The molecule has 0 saturated carbocycles. The monoisotopic (exact) mass is 280 g/mol. The van der Waals surface area contributed by atoms with E-state index in [9.17, 15) is 10.2 Å². The largest absolute Gasteiger partial charge is 0.388 e. The molecule has 1 aromatic carbocycles. The van der Waals surface area contributed by atoms with E-state index >= 15 is 0 Å². The molecule has 0 heterocycles. The Morgan fingerprint density at radius 1 is 1.42 bits per heavy atom. The summed E-state index contributed by atoms with van der Waals surface area (Å²) < 4.78 is 0. The molecule has 0 amide bonds. The van der Waals surface area contributed by atoms with E-state index in [1.165, 1.54) is 0 Å². The summed E-state index contributed by atoms with van der Waals surface area (Å²) in [7, 11) is 0. The fraction of sp³-hybridized carbons (Fsp3) is 0.500. The van der Waals surface area contributed by atoms with E-state index < -0.39 is 11.7 Å². The highest BCUT2D eigenvalue weighted by atomic mass is 32.2. The zero-order valence-corrected chi connectivity index (χ0v) is 12.1. The van der Waals surface area contributed by atoms with Gasteiger partial charge in [0.15, 0.2) is 0 Å². The molecule has 1 rings (SSSR count). The van der Waals surface area contributed by atoms with Crippen molar-refractivity contribution in [3.63, 3.8) is 0 Å². The van der Waals surface area contributed by atoms with Crippen LogP contribution in [0, 0.1) is 11.3 Å². The first-order valence-electron chi connectivity index (χ1n) is 6.08. The molecule has 104 valence electrons. The molecule has 2 atom stereocenters. The number of nitriles is 1. The summed E-state index contributed by atoms with van der Waals surface area (Å²) in [5.41, 5.74) is 0.562. The molecule has 0 aromatic heterocycles. The third kappa shape index (κ3) is 5.62. The molecule has 4 nitrogen and oxygen atoms in total. The molecule has 0 aliphatic carbocycles. The first kappa shape index (κ1) is 16.0. The van der Waals surface area contributed by atoms with Gasteiger partial charge in [0.25, 0.3) is 0 Å². The van der Waals surface area contributed by atoms with Gasteiger partial charge in [0.05, 0.1) is 23.3 Å². The first-order chi connectivity index (χ1) is 8.98. The van der Waals surface area contributed by atoms with Crippen molar-refractivity contribution >= 4 is 11.8 Å². The normalized spacial score (nSPS) is 15.5. The Balaban J connectivity index is 2.42. The Bertz CT molecular complexity index is 426. The number of nitrogens with zero attached hydrogens (tertiary/aromatic N) is 1. The summed E-state index contributed by atoms with van der Waals surface area (Å²) in [4.78, 5) is 0. The maximum absolute atomic E-state index is 9.98. The molecule has 0 spiro atoms. The van der Waals surface area contributed by atoms with E-state index in [1.54, 1.807) is 43.0 Å². The fourth-order valence-electron chi connectivity index (χ4n) is 1.74. The van der Waals surface area contributed by atoms with Crippen molar-refractivity contribution in [2.75, 3.05) is 25.1 Å². The van der Waals surface area contributed by atoms with Crippen LogP contribution in [-0.2, 0) is 0 Å². The lowest BCUT2D eigenvalue weighted by molar-refractivity contribution is 0.0786. The maximum Gasteiger partial charge on any atom is 0.0991 e. The standard InChI is InChI=1S/C14H20N2O2S/c1-14(18,10-19-2)9-16-8-13(17)12-5-3-11(7-15)4-6-12/h3-6,13,16-18H,8-10H2,1-2H3. The molecular weight excluding hydrogens is 260 g/mol. The second-order valence-corrected chi connectivity index (χ2v) is 5.68. The highest BCUT2D eigenvalue weighted by molar-refractivity contribution is 7.98. The van der Waals surface area contributed by atoms with E-state index in [4.69, 9.17) is 5.26 Å². The van der Waals surface area contributed by atoms with Crippen LogP contribution in [-0.4, -0.2) is 40.9 Å². The number of hydrogen-bond acceptors (Lipinski definition) is 5. The van der Waals surface area contributed by atoms with Gasteiger partial charge in [0.2, 0.25) is 0 Å². The molecule has 0 aliphatic heterocycles. The Morgan fingerprint density at radius 3 is 2.58 bits per heavy atom. The van der Waals surface area contributed by atoms with Gasteiger partial charge in [-0.2, -0.15) is 17.0 Å². The quantitative estimate of drug-likeness (QED) is 0.702. The highest BCUT2D eigenvalue weighted by Gasteiger charge is 2.19. The minimum Gasteiger partial charge on any atom is -0.388 e. The first-order valence-corrected chi connectivity index (χ1v) is 7.48. The van der Waals surface area contributed by atoms with Crippen molar-refractivity contribution in [2.24, 2.45) is 0 Å². The lowest BCUT2D eigenvalue weighted by atomic mass is 10.1. The summed E-state index contributed by atoms with van der Waals surface area (Å²) >= 11 is 1.58. The number of rotatable bonds is 7. The number of aliphatic hydroxyl groups excluding tert-OH is 1. The number of thioether (sulfide) groups is 1. The van der Waals surface area contributed by atoms with Gasteiger partial charge in [-0.1, -0.05) is 12.1 Å². The Morgan fingerprint density at radius 2 is 2.05 bits per heavy atom. The van der Waals surface area contributed by atoms with E-state index in [0.29, 0.717) is 24.4 Å². The average molecular weight is 280 g/mol. The Kier molecular flexibility index (Phi) is 6.32. The lowest BCUT2D eigenvalue weighted by Gasteiger charge is -2.23. The molecular formula is C14H20N2O2S. The Labute approximate surface area is 118 Å². The molecule has 1 aromatic rings. The molecule has 19 heavy (non-hydrogen) atoms. The van der Waals surface area contributed by atoms with Gasteiger partial charge in [-0.3, -0.25) is 0 Å². The minimum atomic E-state index is -0.774. The summed E-state index contributed by atoms with van der Waals surface area (Å²) in [6.07, 6.45) is 1.30. The predicted octanol–water partition coefficient (Wildman–Crippen LogP) is 1.30. The highest BCUT2D eigenvalue weighted by Crippen LogP contribution is 2.14. The van der Waals surface area contributed by atoms with Gasteiger partial charge in [0, 0.05) is 18.8 Å². The van der Waals surface area contributed by atoms with Gasteiger partial charge in [0.1, 0.15) is 0 Å². The fourth-order valence-corrected chi connectivity index (χ4v) is 2.46. The molecule has 0 radical (unpaired) electrons. The van der Waals surface area contributed by atoms with Crippen molar-refractivity contribution in [3.05, 3.63) is 35.4 Å². The summed E-state index contributed by atoms with van der Waals surface area (Å²) in [6, 6.07) is 8.89. The topological polar surface area (TPSA) is 76.3 Å². The maximum atomic E-state index is 9.98. The lowest BCUT2D eigenvalue weighted by Crippen LogP contribution is -2.41. The minimum absolute atomic E-state index is 0.371. The zero-order chi connectivity index (χ0) is 14.3.